The molecule has 0 unspecified atom stereocenters. The van der Waals surface area contributed by atoms with Gasteiger partial charge in [0, 0.05) is 18.2 Å². The highest BCUT2D eigenvalue weighted by Crippen LogP contribution is 2.28. The molecule has 1 aromatic heterocycles. The molecular weight excluding hydrogens is 422 g/mol. The number of nitrogens with one attached hydrogen (secondary N) is 1. The quantitative estimate of drug-likeness (QED) is 0.587. The monoisotopic (exact) mass is 443 g/mol. The van der Waals surface area contributed by atoms with E-state index in [-0.39, 0.29) is 12.5 Å². The van der Waals surface area contributed by atoms with Crippen molar-refractivity contribution < 1.29 is 28.6 Å². The second-order valence-electron chi connectivity index (χ2n) is 6.40. The fourth-order valence-corrected chi connectivity index (χ4v) is 3.97. The minimum atomic E-state index is -0.506. The third-order valence-electron chi connectivity index (χ3n) is 4.35. The molecular formula is C21H21N3O6S. The highest BCUT2D eigenvalue weighted by Gasteiger charge is 2.15. The van der Waals surface area contributed by atoms with E-state index in [9.17, 15) is 14.4 Å². The van der Waals surface area contributed by atoms with E-state index in [1.54, 1.807) is 34.9 Å². The van der Waals surface area contributed by atoms with E-state index in [0.29, 0.717) is 33.1 Å². The molecule has 0 bridgehead atoms. The number of methoxy groups -OCH3 is 3. The van der Waals surface area contributed by atoms with Gasteiger partial charge in [-0.25, -0.2) is 0 Å². The number of ether oxygens (including phenoxy) is 3. The van der Waals surface area contributed by atoms with Gasteiger partial charge >= 0.3 is 5.97 Å². The first-order chi connectivity index (χ1) is 14.9. The van der Waals surface area contributed by atoms with Crippen LogP contribution in [-0.2, 0) is 20.9 Å². The Labute approximate surface area is 181 Å². The molecule has 1 N–H and O–H groups in total. The number of carbonyl (C=O) groups is 3. The summed E-state index contributed by atoms with van der Waals surface area (Å²) < 4.78 is 17.6. The van der Waals surface area contributed by atoms with Gasteiger partial charge in [0.15, 0.2) is 16.3 Å². The second-order valence-corrected chi connectivity index (χ2v) is 7.41. The second kappa shape index (κ2) is 9.43. The van der Waals surface area contributed by atoms with Crippen LogP contribution in [0.2, 0.25) is 0 Å². The minimum absolute atomic E-state index is 0.117. The number of nitrogens with zero attached hydrogens (tertiary/aromatic N) is 2. The predicted octanol–water partition coefficient (Wildman–Crippen LogP) is 2.59. The van der Waals surface area contributed by atoms with E-state index >= 15 is 0 Å². The van der Waals surface area contributed by atoms with Crippen molar-refractivity contribution in [2.24, 2.45) is 4.99 Å². The molecule has 0 fully saturated rings. The van der Waals surface area contributed by atoms with Crippen LogP contribution in [0.25, 0.3) is 10.2 Å². The maximum Gasteiger partial charge on any atom is 0.325 e. The number of hydrogen-bond acceptors (Lipinski definition) is 7. The van der Waals surface area contributed by atoms with Crippen molar-refractivity contribution in [1.29, 1.82) is 0 Å². The van der Waals surface area contributed by atoms with E-state index in [1.165, 1.54) is 45.7 Å². The van der Waals surface area contributed by atoms with Crippen LogP contribution in [-0.4, -0.2) is 43.7 Å². The lowest BCUT2D eigenvalue weighted by Gasteiger charge is -2.08. The Morgan fingerprint density at radius 1 is 1.03 bits per heavy atom. The smallest absolute Gasteiger partial charge is 0.325 e. The molecule has 9 nitrogen and oxygen atoms in total. The molecule has 1 heterocycles. The van der Waals surface area contributed by atoms with Crippen LogP contribution in [0.3, 0.4) is 0 Å². The van der Waals surface area contributed by atoms with Crippen molar-refractivity contribution in [3.05, 3.63) is 46.8 Å². The van der Waals surface area contributed by atoms with Gasteiger partial charge in [-0.1, -0.05) is 11.3 Å². The van der Waals surface area contributed by atoms with Gasteiger partial charge in [-0.2, -0.15) is 4.99 Å². The van der Waals surface area contributed by atoms with Gasteiger partial charge < -0.3 is 24.1 Å². The molecule has 162 valence electrons. The summed E-state index contributed by atoms with van der Waals surface area (Å²) in [6.07, 6.45) is 0. The summed E-state index contributed by atoms with van der Waals surface area (Å²) in [4.78, 5) is 40.7. The number of aromatic nitrogens is 1. The van der Waals surface area contributed by atoms with E-state index in [4.69, 9.17) is 14.2 Å². The molecule has 0 saturated carbocycles. The molecule has 0 radical (unpaired) electrons. The van der Waals surface area contributed by atoms with Crippen LogP contribution < -0.4 is 19.6 Å². The molecule has 0 spiro atoms. The topological polar surface area (TPSA) is 108 Å². The van der Waals surface area contributed by atoms with E-state index < -0.39 is 11.9 Å². The first kappa shape index (κ1) is 22.0. The van der Waals surface area contributed by atoms with Gasteiger partial charge in [0.1, 0.15) is 6.54 Å². The molecule has 2 amide bonds. The lowest BCUT2D eigenvalue weighted by Crippen LogP contribution is -2.22. The van der Waals surface area contributed by atoms with Crippen molar-refractivity contribution in [2.45, 2.75) is 13.5 Å². The molecule has 3 aromatic rings. The molecule has 0 saturated heterocycles. The SMILES string of the molecule is COC(=O)Cn1c(=NC(=O)c2ccc(OC)c(OC)c2)sc2cc(NC(C)=O)ccc21. The van der Waals surface area contributed by atoms with Crippen LogP contribution in [0.4, 0.5) is 5.69 Å². The van der Waals surface area contributed by atoms with Gasteiger partial charge in [-0.15, -0.1) is 0 Å². The average molecular weight is 443 g/mol. The third-order valence-corrected chi connectivity index (χ3v) is 5.39. The summed E-state index contributed by atoms with van der Waals surface area (Å²) in [6.45, 7) is 1.30. The number of benzene rings is 2. The Balaban J connectivity index is 2.11. The number of fused-ring (bicyclic) bond motifs is 1. The van der Waals surface area contributed by atoms with Crippen LogP contribution in [0.1, 0.15) is 17.3 Å². The van der Waals surface area contributed by atoms with E-state index in [2.05, 4.69) is 10.3 Å². The number of carbonyl (C=O) groups excluding carboxylic acids is 3. The minimum Gasteiger partial charge on any atom is -0.493 e. The Kier molecular flexibility index (Phi) is 6.71. The summed E-state index contributed by atoms with van der Waals surface area (Å²) in [5.74, 6) is -0.291. The van der Waals surface area contributed by atoms with Gasteiger partial charge in [-0.05, 0) is 36.4 Å². The van der Waals surface area contributed by atoms with Crippen molar-refractivity contribution >= 4 is 45.0 Å². The van der Waals surface area contributed by atoms with Crippen LogP contribution in [0, 0.1) is 0 Å². The van der Waals surface area contributed by atoms with Crippen molar-refractivity contribution in [2.75, 3.05) is 26.6 Å². The number of rotatable bonds is 6. The Morgan fingerprint density at radius 2 is 1.77 bits per heavy atom. The van der Waals surface area contributed by atoms with Gasteiger partial charge in [0.25, 0.3) is 5.91 Å². The van der Waals surface area contributed by atoms with Gasteiger partial charge in [-0.3, -0.25) is 14.4 Å². The fourth-order valence-electron chi connectivity index (χ4n) is 2.91. The molecule has 10 heteroatoms. The van der Waals surface area contributed by atoms with E-state index in [1.807, 2.05) is 0 Å². The first-order valence-corrected chi connectivity index (χ1v) is 9.96. The third kappa shape index (κ3) is 4.92. The number of thiazole rings is 1. The largest absolute Gasteiger partial charge is 0.493 e. The lowest BCUT2D eigenvalue weighted by atomic mass is 10.2. The van der Waals surface area contributed by atoms with Crippen LogP contribution in [0.15, 0.2) is 41.4 Å². The molecule has 0 aliphatic heterocycles. The van der Waals surface area contributed by atoms with Crippen LogP contribution >= 0.6 is 11.3 Å². The Hall–Kier alpha value is -3.66. The average Bonchev–Trinajstić information content (AvgIpc) is 3.08. The molecule has 0 atom stereocenters. The van der Waals surface area contributed by atoms with Crippen LogP contribution in [0.5, 0.6) is 11.5 Å². The zero-order valence-corrected chi connectivity index (χ0v) is 18.2. The highest BCUT2D eigenvalue weighted by molar-refractivity contribution is 7.16. The van der Waals surface area contributed by atoms with Gasteiger partial charge in [0.2, 0.25) is 5.91 Å². The van der Waals surface area contributed by atoms with E-state index in [0.717, 1.165) is 4.70 Å². The molecule has 0 aliphatic carbocycles. The van der Waals surface area contributed by atoms with Crippen molar-refractivity contribution in [3.8, 4) is 11.5 Å². The highest BCUT2D eigenvalue weighted by atomic mass is 32.1. The normalized spacial score (nSPS) is 11.3. The number of amides is 2. The summed E-state index contributed by atoms with van der Waals surface area (Å²) >= 11 is 1.22. The lowest BCUT2D eigenvalue weighted by molar-refractivity contribution is -0.141. The number of esters is 1. The van der Waals surface area contributed by atoms with Crippen molar-refractivity contribution in [3.63, 3.8) is 0 Å². The molecule has 31 heavy (non-hydrogen) atoms. The maximum absolute atomic E-state index is 12.8. The van der Waals surface area contributed by atoms with Crippen molar-refractivity contribution in [1.82, 2.24) is 4.57 Å². The first-order valence-electron chi connectivity index (χ1n) is 9.15. The molecule has 0 aliphatic rings. The predicted molar refractivity (Wildman–Crippen MR) is 116 cm³/mol. The summed E-state index contributed by atoms with van der Waals surface area (Å²) in [6, 6.07) is 9.96. The maximum atomic E-state index is 12.8. The zero-order valence-electron chi connectivity index (χ0n) is 17.4. The fraction of sp³-hybridized carbons (Fsp3) is 0.238. The summed E-state index contributed by atoms with van der Waals surface area (Å²) in [7, 11) is 4.27. The Bertz CT molecular complexity index is 1230. The molecule has 2 aromatic carbocycles. The zero-order chi connectivity index (χ0) is 22.5. The Morgan fingerprint density at radius 3 is 2.42 bits per heavy atom. The molecule has 3 rings (SSSR count). The number of hydrogen-bond donors (Lipinski definition) is 1. The standard InChI is InChI=1S/C21H21N3O6S/c1-12(25)22-14-6-7-15-18(10-14)31-21(24(15)11-19(26)30-4)23-20(27)13-5-8-16(28-2)17(9-13)29-3/h5-10H,11H2,1-4H3,(H,22,25). The summed E-state index contributed by atoms with van der Waals surface area (Å²) in [5, 5.41) is 2.71. The summed E-state index contributed by atoms with van der Waals surface area (Å²) in [5.41, 5.74) is 1.59. The number of anilines is 1. The van der Waals surface area contributed by atoms with Gasteiger partial charge in [0.05, 0.1) is 31.5 Å².